The van der Waals surface area contributed by atoms with Crippen molar-refractivity contribution in [2.24, 2.45) is 0 Å². The molecule has 0 bridgehead atoms. The van der Waals surface area contributed by atoms with Crippen LogP contribution in [0.1, 0.15) is 12.0 Å². The van der Waals surface area contributed by atoms with Gasteiger partial charge in [-0.1, -0.05) is 42.5 Å². The molecule has 3 aromatic carbocycles. The maximum absolute atomic E-state index is 2.39. The summed E-state index contributed by atoms with van der Waals surface area (Å²) in [6.45, 7) is 1.17. The summed E-state index contributed by atoms with van der Waals surface area (Å²) in [5, 5.41) is 5.57. The van der Waals surface area contributed by atoms with E-state index in [-0.39, 0.29) is 0 Å². The summed E-state index contributed by atoms with van der Waals surface area (Å²) < 4.78 is 0. The van der Waals surface area contributed by atoms with Crippen LogP contribution in [0.5, 0.6) is 0 Å². The van der Waals surface area contributed by atoms with Crippen LogP contribution in [0.4, 0.5) is 5.69 Å². The Morgan fingerprint density at radius 2 is 1.68 bits per heavy atom. The van der Waals surface area contributed by atoms with E-state index in [1.54, 1.807) is 0 Å². The van der Waals surface area contributed by atoms with E-state index in [4.69, 9.17) is 0 Å². The molecule has 0 saturated carbocycles. The zero-order valence-electron chi connectivity index (χ0n) is 11.2. The third-order valence-corrected chi connectivity index (χ3v) is 4.32. The van der Waals surface area contributed by atoms with Crippen LogP contribution in [0.15, 0.2) is 48.5 Å². The average molecular weight is 247 g/mol. The Balaban J connectivity index is 2.19. The molecule has 4 rings (SSSR count). The fourth-order valence-electron chi connectivity index (χ4n) is 3.39. The van der Waals surface area contributed by atoms with E-state index in [0.717, 1.165) is 0 Å². The molecular weight excluding hydrogens is 230 g/mol. The van der Waals surface area contributed by atoms with Gasteiger partial charge in [-0.05, 0) is 46.0 Å². The van der Waals surface area contributed by atoms with Crippen molar-refractivity contribution in [3.8, 4) is 0 Å². The predicted molar refractivity (Wildman–Crippen MR) is 83.0 cm³/mol. The second kappa shape index (κ2) is 3.99. The predicted octanol–water partition coefficient (Wildman–Crippen LogP) is 4.38. The fourth-order valence-corrected chi connectivity index (χ4v) is 3.39. The highest BCUT2D eigenvalue weighted by Crippen LogP contribution is 2.36. The maximum Gasteiger partial charge on any atom is 0.0402 e. The molecule has 0 unspecified atom stereocenters. The second-order valence-corrected chi connectivity index (χ2v) is 5.47. The Hall–Kier alpha value is -2.02. The molecule has 0 aliphatic carbocycles. The number of aryl methyl sites for hydroxylation is 1. The van der Waals surface area contributed by atoms with Gasteiger partial charge in [0.25, 0.3) is 0 Å². The summed E-state index contributed by atoms with van der Waals surface area (Å²) in [6, 6.07) is 17.8. The number of anilines is 1. The number of rotatable bonds is 0. The summed E-state index contributed by atoms with van der Waals surface area (Å²) in [5.41, 5.74) is 2.94. The molecule has 0 amide bonds. The van der Waals surface area contributed by atoms with Gasteiger partial charge in [0.05, 0.1) is 0 Å². The van der Waals surface area contributed by atoms with E-state index in [1.165, 1.54) is 52.2 Å². The van der Waals surface area contributed by atoms with Crippen LogP contribution in [0.2, 0.25) is 0 Å². The molecule has 0 fully saturated rings. The van der Waals surface area contributed by atoms with Crippen LogP contribution < -0.4 is 4.90 Å². The molecule has 1 nitrogen and oxygen atoms in total. The first-order valence-electron chi connectivity index (χ1n) is 6.99. The lowest BCUT2D eigenvalue weighted by molar-refractivity contribution is 0.749. The topological polar surface area (TPSA) is 3.24 Å². The minimum atomic E-state index is 1.17. The normalized spacial score (nSPS) is 14.9. The maximum atomic E-state index is 2.39. The summed E-state index contributed by atoms with van der Waals surface area (Å²) in [6.07, 6.45) is 2.46. The summed E-state index contributed by atoms with van der Waals surface area (Å²) in [4.78, 5) is 2.39. The fraction of sp³-hybridized carbons (Fsp3) is 0.222. The lowest BCUT2D eigenvalue weighted by atomic mass is 9.92. The van der Waals surface area contributed by atoms with E-state index < -0.39 is 0 Å². The molecule has 94 valence electrons. The van der Waals surface area contributed by atoms with Gasteiger partial charge in [-0.2, -0.15) is 0 Å². The van der Waals surface area contributed by atoms with Gasteiger partial charge in [-0.25, -0.2) is 0 Å². The first kappa shape index (κ1) is 10.9. The van der Waals surface area contributed by atoms with E-state index in [1.807, 2.05) is 0 Å². The molecule has 0 N–H and O–H groups in total. The first-order valence-corrected chi connectivity index (χ1v) is 6.99. The van der Waals surface area contributed by atoms with Crippen LogP contribution in [-0.2, 0) is 6.42 Å². The highest BCUT2D eigenvalue weighted by atomic mass is 15.1. The highest BCUT2D eigenvalue weighted by molar-refractivity contribution is 6.10. The number of fused-ring (bicyclic) bond motifs is 5. The number of nitrogens with zero attached hydrogens (tertiary/aromatic N) is 1. The molecule has 0 atom stereocenters. The van der Waals surface area contributed by atoms with Crippen LogP contribution in [-0.4, -0.2) is 13.6 Å². The Morgan fingerprint density at radius 3 is 2.63 bits per heavy atom. The van der Waals surface area contributed by atoms with E-state index in [2.05, 4.69) is 60.5 Å². The van der Waals surface area contributed by atoms with E-state index in [9.17, 15) is 0 Å². The van der Waals surface area contributed by atoms with Crippen LogP contribution in [0.3, 0.4) is 0 Å². The van der Waals surface area contributed by atoms with Gasteiger partial charge in [-0.3, -0.25) is 0 Å². The van der Waals surface area contributed by atoms with Crippen molar-refractivity contribution in [2.75, 3.05) is 18.5 Å². The largest absolute Gasteiger partial charge is 0.374 e. The number of hydrogen-bond donors (Lipinski definition) is 0. The molecule has 1 heterocycles. The molecule has 3 aromatic rings. The van der Waals surface area contributed by atoms with E-state index >= 15 is 0 Å². The molecule has 1 heteroatoms. The van der Waals surface area contributed by atoms with Gasteiger partial charge < -0.3 is 4.90 Å². The Kier molecular flexibility index (Phi) is 2.28. The van der Waals surface area contributed by atoms with Gasteiger partial charge in [0.2, 0.25) is 0 Å². The van der Waals surface area contributed by atoms with Crippen LogP contribution >= 0.6 is 0 Å². The lowest BCUT2D eigenvalue weighted by Crippen LogP contribution is -2.24. The highest BCUT2D eigenvalue weighted by Gasteiger charge is 2.17. The zero-order chi connectivity index (χ0) is 12.8. The van der Waals surface area contributed by atoms with Crippen molar-refractivity contribution in [3.63, 3.8) is 0 Å². The minimum absolute atomic E-state index is 1.17. The summed E-state index contributed by atoms with van der Waals surface area (Å²) >= 11 is 0. The second-order valence-electron chi connectivity index (χ2n) is 5.47. The smallest absolute Gasteiger partial charge is 0.0402 e. The SMILES string of the molecule is CN1CCCc2c1ccc1ccc3ccccc3c21. The quantitative estimate of drug-likeness (QED) is 0.533. The molecule has 0 spiro atoms. The monoisotopic (exact) mass is 247 g/mol. The van der Waals surface area contributed by atoms with E-state index in [0.29, 0.717) is 0 Å². The Labute approximate surface area is 113 Å². The van der Waals surface area contributed by atoms with Gasteiger partial charge >= 0.3 is 0 Å². The van der Waals surface area contributed by atoms with Crippen molar-refractivity contribution in [1.82, 2.24) is 0 Å². The third-order valence-electron chi connectivity index (χ3n) is 4.32. The van der Waals surface area contributed by atoms with Gasteiger partial charge in [0.1, 0.15) is 0 Å². The number of benzene rings is 3. The molecule has 0 saturated heterocycles. The summed E-state index contributed by atoms with van der Waals surface area (Å²) in [7, 11) is 2.20. The molecule has 19 heavy (non-hydrogen) atoms. The standard InChI is InChI=1S/C18H17N/c1-19-12-4-7-16-17(19)11-10-14-9-8-13-5-2-3-6-15(13)18(14)16/h2-3,5-6,8-11H,4,7,12H2,1H3. The Morgan fingerprint density at radius 1 is 0.895 bits per heavy atom. The molecule has 1 aliphatic rings. The average Bonchev–Trinajstić information content (AvgIpc) is 2.47. The van der Waals surface area contributed by atoms with Gasteiger partial charge in [-0.15, -0.1) is 0 Å². The van der Waals surface area contributed by atoms with Crippen molar-refractivity contribution < 1.29 is 0 Å². The molecular formula is C18H17N. The van der Waals surface area contributed by atoms with Crippen molar-refractivity contribution in [1.29, 1.82) is 0 Å². The number of hydrogen-bond acceptors (Lipinski definition) is 1. The van der Waals surface area contributed by atoms with Crippen LogP contribution in [0, 0.1) is 0 Å². The van der Waals surface area contributed by atoms with Crippen LogP contribution in [0.25, 0.3) is 21.5 Å². The Bertz CT molecular complexity index is 773. The molecule has 1 aliphatic heterocycles. The van der Waals surface area contributed by atoms with Crippen molar-refractivity contribution in [3.05, 3.63) is 54.1 Å². The minimum Gasteiger partial charge on any atom is -0.374 e. The zero-order valence-corrected chi connectivity index (χ0v) is 11.2. The van der Waals surface area contributed by atoms with Crippen molar-refractivity contribution in [2.45, 2.75) is 12.8 Å². The van der Waals surface area contributed by atoms with Gasteiger partial charge in [0.15, 0.2) is 0 Å². The summed E-state index contributed by atoms with van der Waals surface area (Å²) in [5.74, 6) is 0. The lowest BCUT2D eigenvalue weighted by Gasteiger charge is -2.29. The third kappa shape index (κ3) is 1.54. The van der Waals surface area contributed by atoms with Crippen molar-refractivity contribution >= 4 is 27.2 Å². The molecule has 0 radical (unpaired) electrons. The molecule has 0 aromatic heterocycles. The van der Waals surface area contributed by atoms with Gasteiger partial charge in [0, 0.05) is 19.3 Å². The first-order chi connectivity index (χ1) is 9.34.